The van der Waals surface area contributed by atoms with Crippen LogP contribution in [0.2, 0.25) is 0 Å². The van der Waals surface area contributed by atoms with Crippen LogP contribution in [0.4, 0.5) is 8.78 Å². The molecule has 0 saturated heterocycles. The number of alkyl halides is 2. The lowest BCUT2D eigenvalue weighted by Crippen LogP contribution is -2.48. The van der Waals surface area contributed by atoms with E-state index in [1.807, 2.05) is 30.3 Å². The monoisotopic (exact) mass is 644 g/mol. The molecule has 13 heteroatoms. The van der Waals surface area contributed by atoms with E-state index in [0.717, 1.165) is 24.5 Å². The second kappa shape index (κ2) is 13.3. The van der Waals surface area contributed by atoms with Crippen molar-refractivity contribution >= 4 is 39.5 Å². The molecule has 1 atom stereocenters. The van der Waals surface area contributed by atoms with Gasteiger partial charge in [0.25, 0.3) is 0 Å². The quantitative estimate of drug-likeness (QED) is 0.157. The number of amides is 1. The average Bonchev–Trinajstić information content (AvgIpc) is 2.88. The van der Waals surface area contributed by atoms with E-state index in [0.29, 0.717) is 13.0 Å². The largest absolute Gasteiger partial charge is 0.399 e. The van der Waals surface area contributed by atoms with Gasteiger partial charge in [-0.25, -0.2) is 8.42 Å². The molecule has 210 valence electrons. The lowest BCUT2D eigenvalue weighted by atomic mass is 10.0. The Morgan fingerprint density at radius 3 is 2.15 bits per heavy atom. The fraction of sp³-hybridized carbons (Fsp3) is 0.269. The number of sulfonamides is 1. The smallest absolute Gasteiger partial charge is 0.355 e. The summed E-state index contributed by atoms with van der Waals surface area (Å²) in [4.78, 5) is 31.1. The third-order valence-electron chi connectivity index (χ3n) is 5.86. The van der Waals surface area contributed by atoms with Crippen LogP contribution in [0.3, 0.4) is 0 Å². The first-order chi connectivity index (χ1) is 18.3. The molecule has 0 aliphatic heterocycles. The Bertz CT molecular complexity index is 1420. The Morgan fingerprint density at radius 1 is 0.949 bits per heavy atom. The predicted molar refractivity (Wildman–Crippen MR) is 147 cm³/mol. The first kappa shape index (κ1) is 31.1. The topological polar surface area (TPSA) is 133 Å². The highest BCUT2D eigenvalue weighted by Crippen LogP contribution is 2.60. The predicted octanol–water partition coefficient (Wildman–Crippen LogP) is 4.70. The number of carbonyl (C=O) groups excluding carboxylic acids is 1. The standard InChI is InChI=1S/C26H28BrF2N2O6PS/c27-23-17-20(14-15-22(23)26(28,29)38(33,34)35)18-24(31-39(36,37)21-12-5-2-6-13-21)25(32)30-16-8-7-11-19-9-3-1-4-10-19/h1-6,9-10,12-15,17,24,31H,7-8,11,16,18H2,(H,30,32)(H2,33,34,35). The summed E-state index contributed by atoms with van der Waals surface area (Å²) < 4.78 is 67.7. The second-order valence-corrected chi connectivity index (χ2v) is 13.0. The van der Waals surface area contributed by atoms with Gasteiger partial charge in [0.15, 0.2) is 0 Å². The molecule has 0 aliphatic rings. The Balaban J connectivity index is 1.75. The van der Waals surface area contributed by atoms with Crippen LogP contribution in [0.5, 0.6) is 0 Å². The highest BCUT2D eigenvalue weighted by atomic mass is 79.9. The third kappa shape index (κ3) is 8.51. The summed E-state index contributed by atoms with van der Waals surface area (Å²) in [5, 5.41) is 2.73. The fourth-order valence-corrected chi connectivity index (χ4v) is 6.35. The van der Waals surface area contributed by atoms with Crippen LogP contribution in [-0.2, 0) is 37.9 Å². The first-order valence-corrected chi connectivity index (χ1v) is 15.8. The molecule has 0 aliphatic carbocycles. The zero-order chi connectivity index (χ0) is 28.7. The van der Waals surface area contributed by atoms with E-state index in [2.05, 4.69) is 26.0 Å². The van der Waals surface area contributed by atoms with Crippen LogP contribution >= 0.6 is 23.5 Å². The summed E-state index contributed by atoms with van der Waals surface area (Å²) in [6.45, 7) is 0.298. The van der Waals surface area contributed by atoms with Crippen LogP contribution in [0, 0.1) is 0 Å². The van der Waals surface area contributed by atoms with Gasteiger partial charge in [0.1, 0.15) is 6.04 Å². The second-order valence-electron chi connectivity index (χ2n) is 8.82. The van der Waals surface area contributed by atoms with E-state index >= 15 is 0 Å². The number of hydrogen-bond acceptors (Lipinski definition) is 4. The summed E-state index contributed by atoms with van der Waals surface area (Å²) >= 11 is 2.92. The minimum atomic E-state index is -5.80. The molecule has 3 aromatic rings. The Labute approximate surface area is 234 Å². The molecule has 3 aromatic carbocycles. The lowest BCUT2D eigenvalue weighted by Gasteiger charge is -2.21. The number of aryl methyl sites for hydroxylation is 1. The van der Waals surface area contributed by atoms with Gasteiger partial charge in [0.05, 0.1) is 4.90 Å². The van der Waals surface area contributed by atoms with Gasteiger partial charge < -0.3 is 15.1 Å². The summed E-state index contributed by atoms with van der Waals surface area (Å²) in [6.07, 6.45) is 2.06. The van der Waals surface area contributed by atoms with Gasteiger partial charge >= 0.3 is 13.3 Å². The molecular weight excluding hydrogens is 617 g/mol. The molecule has 0 heterocycles. The molecule has 4 N–H and O–H groups in total. The summed E-state index contributed by atoms with van der Waals surface area (Å²) in [6, 6.07) is 19.2. The highest BCUT2D eigenvalue weighted by Gasteiger charge is 2.51. The molecule has 1 amide bonds. The van der Waals surface area contributed by atoms with Crippen LogP contribution in [-0.4, -0.2) is 36.7 Å². The zero-order valence-electron chi connectivity index (χ0n) is 20.6. The average molecular weight is 645 g/mol. The Hall–Kier alpha value is -2.47. The number of rotatable bonds is 13. The zero-order valence-corrected chi connectivity index (χ0v) is 23.9. The molecule has 0 saturated carbocycles. The number of halogens is 3. The number of carbonyl (C=O) groups is 1. The molecule has 3 rings (SSSR count). The summed E-state index contributed by atoms with van der Waals surface area (Å²) in [5.41, 5.74) is -3.91. The molecule has 0 radical (unpaired) electrons. The number of hydrogen-bond donors (Lipinski definition) is 4. The SMILES string of the molecule is O=C(NCCCCc1ccccc1)C(Cc1ccc(C(F)(F)P(=O)(O)O)c(Br)c1)NS(=O)(=O)c1ccccc1. The maximum Gasteiger partial charge on any atom is 0.399 e. The van der Waals surface area contributed by atoms with Gasteiger partial charge in [-0.05, 0) is 55.0 Å². The van der Waals surface area contributed by atoms with E-state index in [1.54, 1.807) is 6.07 Å². The highest BCUT2D eigenvalue weighted by molar-refractivity contribution is 9.10. The van der Waals surface area contributed by atoms with Gasteiger partial charge in [0.2, 0.25) is 15.9 Å². The lowest BCUT2D eigenvalue weighted by molar-refractivity contribution is -0.122. The van der Waals surface area contributed by atoms with Crippen LogP contribution < -0.4 is 10.0 Å². The number of nitrogens with one attached hydrogen (secondary N) is 2. The maximum absolute atomic E-state index is 14.2. The molecule has 0 aromatic heterocycles. The van der Waals surface area contributed by atoms with Crippen molar-refractivity contribution < 1.29 is 36.3 Å². The van der Waals surface area contributed by atoms with E-state index < -0.39 is 40.8 Å². The fourth-order valence-electron chi connectivity index (χ4n) is 3.80. The van der Waals surface area contributed by atoms with Gasteiger partial charge in [0, 0.05) is 16.6 Å². The molecule has 8 nitrogen and oxygen atoms in total. The van der Waals surface area contributed by atoms with Gasteiger partial charge in [-0.3, -0.25) is 9.36 Å². The van der Waals surface area contributed by atoms with Crippen LogP contribution in [0.1, 0.15) is 29.5 Å². The van der Waals surface area contributed by atoms with E-state index in [4.69, 9.17) is 9.79 Å². The van der Waals surface area contributed by atoms with Crippen molar-refractivity contribution in [1.29, 1.82) is 0 Å². The van der Waals surface area contributed by atoms with Crippen molar-refractivity contribution in [1.82, 2.24) is 10.0 Å². The van der Waals surface area contributed by atoms with Crippen molar-refractivity contribution in [3.05, 3.63) is 100 Å². The molecule has 0 spiro atoms. The Kier molecular flexibility index (Phi) is 10.6. The minimum Gasteiger partial charge on any atom is -0.355 e. The van der Waals surface area contributed by atoms with Crippen molar-refractivity contribution in [3.63, 3.8) is 0 Å². The van der Waals surface area contributed by atoms with Crippen molar-refractivity contribution in [2.45, 2.75) is 42.3 Å². The molecule has 0 bridgehead atoms. The molecule has 0 fully saturated rings. The minimum absolute atomic E-state index is 0.0523. The van der Waals surface area contributed by atoms with Crippen molar-refractivity contribution in [3.8, 4) is 0 Å². The van der Waals surface area contributed by atoms with E-state index in [1.165, 1.54) is 36.4 Å². The van der Waals surface area contributed by atoms with Crippen LogP contribution in [0.25, 0.3) is 0 Å². The number of benzene rings is 3. The van der Waals surface area contributed by atoms with Gasteiger partial charge in [-0.1, -0.05) is 76.6 Å². The summed E-state index contributed by atoms with van der Waals surface area (Å²) in [7, 11) is -9.90. The molecular formula is C26H28BrF2N2O6PS. The molecule has 1 unspecified atom stereocenters. The van der Waals surface area contributed by atoms with E-state index in [-0.39, 0.29) is 21.4 Å². The first-order valence-electron chi connectivity index (χ1n) is 11.9. The third-order valence-corrected chi connectivity index (χ3v) is 8.98. The van der Waals surface area contributed by atoms with Gasteiger partial charge in [-0.2, -0.15) is 13.5 Å². The molecule has 39 heavy (non-hydrogen) atoms. The van der Waals surface area contributed by atoms with Crippen molar-refractivity contribution in [2.75, 3.05) is 6.54 Å². The van der Waals surface area contributed by atoms with Crippen LogP contribution in [0.15, 0.2) is 88.2 Å². The maximum atomic E-state index is 14.2. The summed E-state index contributed by atoms with van der Waals surface area (Å²) in [5.74, 6) is -0.602. The normalized spacial score (nSPS) is 13.2. The van der Waals surface area contributed by atoms with Crippen molar-refractivity contribution in [2.24, 2.45) is 0 Å². The van der Waals surface area contributed by atoms with Gasteiger partial charge in [-0.15, -0.1) is 0 Å². The number of unbranched alkanes of at least 4 members (excludes halogenated alkanes) is 1. The Morgan fingerprint density at radius 2 is 1.56 bits per heavy atom. The van der Waals surface area contributed by atoms with E-state index in [9.17, 15) is 26.6 Å².